The van der Waals surface area contributed by atoms with Crippen molar-refractivity contribution in [3.05, 3.63) is 41.7 Å². The summed E-state index contributed by atoms with van der Waals surface area (Å²) in [5, 5.41) is 12.4. The maximum atomic E-state index is 9.12. The number of aromatic nitrogens is 2. The Kier molecular flexibility index (Phi) is 5.10. The normalized spacial score (nSPS) is 9.95. The van der Waals surface area contributed by atoms with Gasteiger partial charge in [-0.2, -0.15) is 5.26 Å². The van der Waals surface area contributed by atoms with E-state index in [0.29, 0.717) is 17.2 Å². The van der Waals surface area contributed by atoms with Crippen molar-refractivity contribution in [2.24, 2.45) is 0 Å². The zero-order valence-electron chi connectivity index (χ0n) is 12.3. The van der Waals surface area contributed by atoms with Crippen molar-refractivity contribution in [1.82, 2.24) is 9.97 Å². The molecule has 0 unspecified atom stereocenters. The van der Waals surface area contributed by atoms with Gasteiger partial charge in [0.05, 0.1) is 11.1 Å². The van der Waals surface area contributed by atoms with Gasteiger partial charge in [0.2, 0.25) is 5.88 Å². The van der Waals surface area contributed by atoms with Crippen LogP contribution in [-0.4, -0.2) is 16.5 Å². The molecule has 0 aliphatic rings. The van der Waals surface area contributed by atoms with E-state index in [1.54, 1.807) is 18.2 Å². The van der Waals surface area contributed by atoms with Gasteiger partial charge in [-0.1, -0.05) is 26.0 Å². The van der Waals surface area contributed by atoms with Crippen molar-refractivity contribution >= 4 is 5.82 Å². The lowest BCUT2D eigenvalue weighted by molar-refractivity contribution is 0.454. The molecule has 0 atom stereocenters. The van der Waals surface area contributed by atoms with Crippen LogP contribution in [-0.2, 0) is 6.42 Å². The van der Waals surface area contributed by atoms with Gasteiger partial charge < -0.3 is 10.1 Å². The van der Waals surface area contributed by atoms with E-state index in [4.69, 9.17) is 10.00 Å². The number of hydrogen-bond donors (Lipinski definition) is 1. The average Bonchev–Trinajstić information content (AvgIpc) is 2.53. The summed E-state index contributed by atoms with van der Waals surface area (Å²) in [4.78, 5) is 8.47. The van der Waals surface area contributed by atoms with Crippen molar-refractivity contribution in [2.75, 3.05) is 11.9 Å². The molecule has 0 saturated heterocycles. The first-order valence-corrected chi connectivity index (χ1v) is 7.04. The number of nitrogens with one attached hydrogen (secondary N) is 1. The highest BCUT2D eigenvalue weighted by Gasteiger charge is 2.13. The highest BCUT2D eigenvalue weighted by molar-refractivity contribution is 5.51. The van der Waals surface area contributed by atoms with Crippen LogP contribution < -0.4 is 10.1 Å². The highest BCUT2D eigenvalue weighted by Crippen LogP contribution is 2.29. The van der Waals surface area contributed by atoms with Gasteiger partial charge in [0.1, 0.15) is 24.0 Å². The fraction of sp³-hybridized carbons (Fsp3) is 0.312. The third kappa shape index (κ3) is 3.48. The largest absolute Gasteiger partial charge is 0.437 e. The van der Waals surface area contributed by atoms with E-state index < -0.39 is 0 Å². The Hall–Kier alpha value is -2.61. The van der Waals surface area contributed by atoms with Gasteiger partial charge in [-0.15, -0.1) is 0 Å². The smallest absolute Gasteiger partial charge is 0.227 e. The van der Waals surface area contributed by atoms with Crippen molar-refractivity contribution in [3.63, 3.8) is 0 Å². The number of nitriles is 1. The van der Waals surface area contributed by atoms with E-state index in [9.17, 15) is 0 Å². The summed E-state index contributed by atoms with van der Waals surface area (Å²) in [5.74, 6) is 1.79. The second kappa shape index (κ2) is 7.25. The highest BCUT2D eigenvalue weighted by atomic mass is 16.5. The minimum atomic E-state index is 0.487. The first-order valence-electron chi connectivity index (χ1n) is 7.04. The van der Waals surface area contributed by atoms with Crippen molar-refractivity contribution in [1.29, 1.82) is 5.26 Å². The Labute approximate surface area is 124 Å². The molecule has 2 aromatic rings. The van der Waals surface area contributed by atoms with E-state index in [1.165, 1.54) is 6.33 Å². The van der Waals surface area contributed by atoms with Gasteiger partial charge in [-0.25, -0.2) is 9.97 Å². The molecule has 0 amide bonds. The SMILES string of the molecule is CCCNc1ncnc(Oc2ccccc2C#N)c1CC. The van der Waals surface area contributed by atoms with Gasteiger partial charge in [0.15, 0.2) is 0 Å². The molecule has 1 N–H and O–H groups in total. The first-order chi connectivity index (χ1) is 10.3. The minimum absolute atomic E-state index is 0.487. The standard InChI is InChI=1S/C16H18N4O/c1-3-9-18-15-13(4-2)16(20-11-19-15)21-14-8-6-5-7-12(14)10-17/h5-8,11H,3-4,9H2,1-2H3,(H,18,19,20). The molecule has 5 nitrogen and oxygen atoms in total. The van der Waals surface area contributed by atoms with Crippen LogP contribution in [0.4, 0.5) is 5.82 Å². The Balaban J connectivity index is 2.33. The van der Waals surface area contributed by atoms with Crippen LogP contribution in [0.3, 0.4) is 0 Å². The third-order valence-corrected chi connectivity index (χ3v) is 3.02. The zero-order valence-corrected chi connectivity index (χ0v) is 12.3. The molecule has 5 heteroatoms. The lowest BCUT2D eigenvalue weighted by atomic mass is 10.2. The monoisotopic (exact) mass is 282 g/mol. The van der Waals surface area contributed by atoms with E-state index in [2.05, 4.69) is 28.3 Å². The Morgan fingerprint density at radius 3 is 2.76 bits per heavy atom. The molecule has 0 saturated carbocycles. The average molecular weight is 282 g/mol. The number of benzene rings is 1. The Morgan fingerprint density at radius 2 is 2.05 bits per heavy atom. The van der Waals surface area contributed by atoms with E-state index >= 15 is 0 Å². The van der Waals surface area contributed by atoms with Gasteiger partial charge in [0.25, 0.3) is 0 Å². The van der Waals surface area contributed by atoms with Crippen LogP contribution in [0, 0.1) is 11.3 Å². The maximum absolute atomic E-state index is 9.12. The van der Waals surface area contributed by atoms with Crippen LogP contribution in [0.5, 0.6) is 11.6 Å². The molecule has 0 bridgehead atoms. The van der Waals surface area contributed by atoms with Crippen LogP contribution in [0.15, 0.2) is 30.6 Å². The molecule has 108 valence electrons. The lowest BCUT2D eigenvalue weighted by Gasteiger charge is -2.13. The zero-order chi connectivity index (χ0) is 15.1. The minimum Gasteiger partial charge on any atom is -0.437 e. The Morgan fingerprint density at radius 1 is 1.24 bits per heavy atom. The summed E-state index contributed by atoms with van der Waals surface area (Å²) < 4.78 is 5.83. The van der Waals surface area contributed by atoms with Crippen LogP contribution >= 0.6 is 0 Å². The number of rotatable bonds is 6. The molecular formula is C16H18N4O. The Bertz CT molecular complexity index is 649. The van der Waals surface area contributed by atoms with Gasteiger partial charge in [0, 0.05) is 6.54 Å². The maximum Gasteiger partial charge on any atom is 0.227 e. The number of hydrogen-bond acceptors (Lipinski definition) is 5. The van der Waals surface area contributed by atoms with Gasteiger partial charge in [-0.05, 0) is 25.0 Å². The summed E-state index contributed by atoms with van der Waals surface area (Å²) in [7, 11) is 0. The second-order valence-electron chi connectivity index (χ2n) is 4.50. The molecule has 0 radical (unpaired) electrons. The molecule has 0 aliphatic heterocycles. The fourth-order valence-electron chi connectivity index (χ4n) is 1.95. The summed E-state index contributed by atoms with van der Waals surface area (Å²) in [5.41, 5.74) is 1.40. The molecule has 21 heavy (non-hydrogen) atoms. The van der Waals surface area contributed by atoms with Gasteiger partial charge in [-0.3, -0.25) is 0 Å². The summed E-state index contributed by atoms with van der Waals surface area (Å²) in [6.45, 7) is 4.97. The summed E-state index contributed by atoms with van der Waals surface area (Å²) in [6, 6.07) is 9.24. The van der Waals surface area contributed by atoms with Crippen molar-refractivity contribution in [2.45, 2.75) is 26.7 Å². The van der Waals surface area contributed by atoms with Crippen molar-refractivity contribution < 1.29 is 4.74 Å². The third-order valence-electron chi connectivity index (χ3n) is 3.02. The lowest BCUT2D eigenvalue weighted by Crippen LogP contribution is -2.07. The van der Waals surface area contributed by atoms with E-state index in [-0.39, 0.29) is 0 Å². The fourth-order valence-corrected chi connectivity index (χ4v) is 1.95. The molecule has 0 aliphatic carbocycles. The number of ether oxygens (including phenoxy) is 1. The summed E-state index contributed by atoms with van der Waals surface area (Å²) >= 11 is 0. The molecule has 0 spiro atoms. The molecule has 1 heterocycles. The predicted octanol–water partition coefficient (Wildman–Crippen LogP) is 3.52. The van der Waals surface area contributed by atoms with E-state index in [0.717, 1.165) is 30.8 Å². The predicted molar refractivity (Wildman–Crippen MR) is 81.4 cm³/mol. The topological polar surface area (TPSA) is 70.8 Å². The number of para-hydroxylation sites is 1. The second-order valence-corrected chi connectivity index (χ2v) is 4.50. The molecule has 2 rings (SSSR count). The number of anilines is 1. The van der Waals surface area contributed by atoms with E-state index in [1.807, 2.05) is 13.0 Å². The summed E-state index contributed by atoms with van der Waals surface area (Å²) in [6.07, 6.45) is 3.24. The number of nitrogens with zero attached hydrogens (tertiary/aromatic N) is 3. The molecule has 1 aromatic carbocycles. The van der Waals surface area contributed by atoms with Crippen LogP contribution in [0.25, 0.3) is 0 Å². The first kappa shape index (κ1) is 14.8. The molecule has 0 fully saturated rings. The molecular weight excluding hydrogens is 264 g/mol. The van der Waals surface area contributed by atoms with Gasteiger partial charge >= 0.3 is 0 Å². The quantitative estimate of drug-likeness (QED) is 0.877. The van der Waals surface area contributed by atoms with Crippen molar-refractivity contribution in [3.8, 4) is 17.7 Å². The van der Waals surface area contributed by atoms with Crippen LogP contribution in [0.1, 0.15) is 31.4 Å². The molecule has 1 aromatic heterocycles. The van der Waals surface area contributed by atoms with Crippen LogP contribution in [0.2, 0.25) is 0 Å².